The zero-order valence-corrected chi connectivity index (χ0v) is 14.8. The molecule has 2 aromatic heterocycles. The number of carbonyl (C=O) groups is 1. The van der Waals surface area contributed by atoms with Gasteiger partial charge in [-0.05, 0) is 31.9 Å². The van der Waals surface area contributed by atoms with E-state index in [0.717, 1.165) is 30.8 Å². The molecular weight excluding hydrogens is 318 g/mol. The average molecular weight is 341 g/mol. The van der Waals surface area contributed by atoms with Crippen LogP contribution in [0, 0.1) is 18.3 Å². The summed E-state index contributed by atoms with van der Waals surface area (Å²) in [5.41, 5.74) is 2.00. The van der Waals surface area contributed by atoms with Crippen molar-refractivity contribution in [2.45, 2.75) is 45.8 Å². The van der Waals surface area contributed by atoms with Crippen LogP contribution in [0.3, 0.4) is 0 Å². The van der Waals surface area contributed by atoms with Crippen LogP contribution in [0.4, 0.5) is 0 Å². The Morgan fingerprint density at radius 2 is 2.12 bits per heavy atom. The van der Waals surface area contributed by atoms with Crippen molar-refractivity contribution in [3.05, 3.63) is 42.0 Å². The van der Waals surface area contributed by atoms with Crippen molar-refractivity contribution < 1.29 is 14.3 Å². The van der Waals surface area contributed by atoms with Crippen molar-refractivity contribution in [1.82, 2.24) is 14.8 Å². The lowest BCUT2D eigenvalue weighted by atomic mass is 9.57. The molecule has 25 heavy (non-hydrogen) atoms. The highest BCUT2D eigenvalue weighted by atomic mass is 16.6. The van der Waals surface area contributed by atoms with Crippen molar-refractivity contribution in [3.8, 4) is 5.69 Å². The van der Waals surface area contributed by atoms with Gasteiger partial charge >= 0.3 is 5.97 Å². The summed E-state index contributed by atoms with van der Waals surface area (Å²) in [4.78, 5) is 16.8. The molecule has 6 heteroatoms. The van der Waals surface area contributed by atoms with E-state index in [9.17, 15) is 4.79 Å². The molecule has 2 aromatic rings. The number of rotatable bonds is 3. The van der Waals surface area contributed by atoms with Crippen molar-refractivity contribution in [2.75, 3.05) is 6.61 Å². The van der Waals surface area contributed by atoms with Crippen LogP contribution in [0.1, 0.15) is 42.7 Å². The molecule has 4 rings (SSSR count). The second-order valence-electron chi connectivity index (χ2n) is 7.51. The van der Waals surface area contributed by atoms with Crippen molar-refractivity contribution in [1.29, 1.82) is 0 Å². The van der Waals surface area contributed by atoms with Gasteiger partial charge in [-0.2, -0.15) is 5.10 Å². The third-order valence-electron chi connectivity index (χ3n) is 5.59. The summed E-state index contributed by atoms with van der Waals surface area (Å²) >= 11 is 0. The van der Waals surface area contributed by atoms with E-state index in [1.165, 1.54) is 0 Å². The third-order valence-corrected chi connectivity index (χ3v) is 5.59. The Labute approximate surface area is 147 Å². The summed E-state index contributed by atoms with van der Waals surface area (Å²) < 4.78 is 13.5. The molecule has 0 amide bonds. The number of pyridine rings is 1. The van der Waals surface area contributed by atoms with Gasteiger partial charge in [-0.15, -0.1) is 0 Å². The van der Waals surface area contributed by atoms with E-state index in [1.807, 2.05) is 19.1 Å². The van der Waals surface area contributed by atoms with Crippen molar-refractivity contribution in [2.24, 2.45) is 11.3 Å². The first-order valence-corrected chi connectivity index (χ1v) is 8.78. The Kier molecular flexibility index (Phi) is 3.87. The van der Waals surface area contributed by atoms with Gasteiger partial charge in [-0.25, -0.2) is 9.48 Å². The van der Waals surface area contributed by atoms with Crippen LogP contribution in [-0.2, 0) is 9.47 Å². The van der Waals surface area contributed by atoms with Crippen LogP contribution in [0.25, 0.3) is 5.69 Å². The molecule has 0 spiro atoms. The van der Waals surface area contributed by atoms with Gasteiger partial charge in [0.15, 0.2) is 0 Å². The van der Waals surface area contributed by atoms with Crippen LogP contribution < -0.4 is 0 Å². The largest absolute Gasteiger partial charge is 0.458 e. The number of hydrogen-bond acceptors (Lipinski definition) is 5. The number of carbonyl (C=O) groups excluding carboxylic acids is 1. The average Bonchev–Trinajstić information content (AvgIpc) is 3.02. The maximum absolute atomic E-state index is 12.7. The minimum atomic E-state index is -0.306. The summed E-state index contributed by atoms with van der Waals surface area (Å²) in [5.74, 6) is 0.00292. The van der Waals surface area contributed by atoms with Crippen molar-refractivity contribution in [3.63, 3.8) is 0 Å². The molecule has 6 nitrogen and oxygen atoms in total. The summed E-state index contributed by atoms with van der Waals surface area (Å²) in [6, 6.07) is 3.71. The lowest BCUT2D eigenvalue weighted by Crippen LogP contribution is -2.65. The Hall–Kier alpha value is -2.21. The zero-order valence-electron chi connectivity index (χ0n) is 14.8. The standard InChI is InChI=1S/C19H23N3O3/c1-12-15(11-21-22(12)13-6-8-20-9-7-13)18(23)25-17-14-5-4-10-24-16(14)19(17,2)3/h6-9,11,14,16-17H,4-5,10H2,1-3H3/t14-,16-,17-/m1/s1. The quantitative estimate of drug-likeness (QED) is 0.803. The summed E-state index contributed by atoms with van der Waals surface area (Å²) in [6.07, 6.45) is 7.17. The molecule has 0 N–H and O–H groups in total. The molecule has 0 unspecified atom stereocenters. The molecular formula is C19H23N3O3. The first-order valence-electron chi connectivity index (χ1n) is 8.78. The molecule has 2 aliphatic rings. The summed E-state index contributed by atoms with van der Waals surface area (Å²) in [5, 5.41) is 4.34. The molecule has 0 aromatic carbocycles. The summed E-state index contributed by atoms with van der Waals surface area (Å²) in [7, 11) is 0. The Balaban J connectivity index is 1.53. The Morgan fingerprint density at radius 1 is 1.36 bits per heavy atom. The van der Waals surface area contributed by atoms with E-state index in [-0.39, 0.29) is 23.6 Å². The van der Waals surface area contributed by atoms with Gasteiger partial charge in [0.25, 0.3) is 0 Å². The molecule has 0 radical (unpaired) electrons. The van der Waals surface area contributed by atoms with Crippen LogP contribution in [0.5, 0.6) is 0 Å². The van der Waals surface area contributed by atoms with Crippen LogP contribution >= 0.6 is 0 Å². The van der Waals surface area contributed by atoms with E-state index < -0.39 is 0 Å². The normalized spacial score (nSPS) is 27.2. The van der Waals surface area contributed by atoms with E-state index in [2.05, 4.69) is 23.9 Å². The number of aromatic nitrogens is 3. The monoisotopic (exact) mass is 341 g/mol. The van der Waals surface area contributed by atoms with E-state index in [1.54, 1.807) is 23.3 Å². The number of ether oxygens (including phenoxy) is 2. The zero-order chi connectivity index (χ0) is 17.6. The van der Waals surface area contributed by atoms with Gasteiger partial charge < -0.3 is 9.47 Å². The van der Waals surface area contributed by atoms with E-state index in [0.29, 0.717) is 11.5 Å². The smallest absolute Gasteiger partial charge is 0.341 e. The molecule has 1 aliphatic heterocycles. The number of fused-ring (bicyclic) bond motifs is 1. The number of esters is 1. The SMILES string of the molecule is Cc1c(C(=O)O[C@@H]2[C@@H]3CCCO[C@H]3C2(C)C)cnn1-c1ccncc1. The molecule has 1 aliphatic carbocycles. The minimum absolute atomic E-state index is 0.103. The minimum Gasteiger partial charge on any atom is -0.458 e. The van der Waals surface area contributed by atoms with E-state index >= 15 is 0 Å². The van der Waals surface area contributed by atoms with Gasteiger partial charge in [-0.3, -0.25) is 4.98 Å². The van der Waals surface area contributed by atoms with Gasteiger partial charge in [0, 0.05) is 30.3 Å². The molecule has 3 heterocycles. The first-order chi connectivity index (χ1) is 12.0. The first kappa shape index (κ1) is 16.3. The topological polar surface area (TPSA) is 66.2 Å². The lowest BCUT2D eigenvalue weighted by molar-refractivity contribution is -0.243. The third kappa shape index (κ3) is 2.56. The fourth-order valence-electron chi connectivity index (χ4n) is 4.25. The molecule has 1 saturated heterocycles. The van der Waals surface area contributed by atoms with Crippen LogP contribution in [0.2, 0.25) is 0 Å². The Morgan fingerprint density at radius 3 is 2.88 bits per heavy atom. The predicted molar refractivity (Wildman–Crippen MR) is 91.5 cm³/mol. The molecule has 132 valence electrons. The highest BCUT2D eigenvalue weighted by molar-refractivity contribution is 5.90. The molecule has 0 bridgehead atoms. The highest BCUT2D eigenvalue weighted by Gasteiger charge is 2.60. The van der Waals surface area contributed by atoms with Crippen molar-refractivity contribution >= 4 is 5.97 Å². The van der Waals surface area contributed by atoms with Gasteiger partial charge in [-0.1, -0.05) is 13.8 Å². The van der Waals surface area contributed by atoms with Gasteiger partial charge in [0.2, 0.25) is 0 Å². The van der Waals surface area contributed by atoms with Crippen LogP contribution in [-0.4, -0.2) is 39.5 Å². The molecule has 3 atom stereocenters. The second-order valence-corrected chi connectivity index (χ2v) is 7.51. The number of nitrogens with zero attached hydrogens (tertiary/aromatic N) is 3. The van der Waals surface area contributed by atoms with Crippen LogP contribution in [0.15, 0.2) is 30.7 Å². The second kappa shape index (κ2) is 5.95. The fourth-order valence-corrected chi connectivity index (χ4v) is 4.25. The molecule has 1 saturated carbocycles. The molecule has 2 fully saturated rings. The highest BCUT2D eigenvalue weighted by Crippen LogP contribution is 2.53. The van der Waals surface area contributed by atoms with E-state index in [4.69, 9.17) is 9.47 Å². The fraction of sp³-hybridized carbons (Fsp3) is 0.526. The Bertz CT molecular complexity index is 784. The lowest BCUT2D eigenvalue weighted by Gasteiger charge is -2.58. The number of hydrogen-bond donors (Lipinski definition) is 0. The maximum Gasteiger partial charge on any atom is 0.341 e. The predicted octanol–water partition coefficient (Wildman–Crippen LogP) is 2.94. The summed E-state index contributed by atoms with van der Waals surface area (Å²) in [6.45, 7) is 6.92. The van der Waals surface area contributed by atoms with Gasteiger partial charge in [0.1, 0.15) is 11.7 Å². The maximum atomic E-state index is 12.7. The van der Waals surface area contributed by atoms with Gasteiger partial charge in [0.05, 0.1) is 23.7 Å².